The summed E-state index contributed by atoms with van der Waals surface area (Å²) in [5.74, 6) is 0. The van der Waals surface area contributed by atoms with Crippen LogP contribution in [0.1, 0.15) is 11.4 Å². The average Bonchev–Trinajstić information content (AvgIpc) is 2.63. The Labute approximate surface area is 153 Å². The molecule has 0 radical (unpaired) electrons. The topological polar surface area (TPSA) is 103 Å². The molecular formula is C17H14ClN5O3. The number of hydrogen-bond acceptors (Lipinski definition) is 6. The molecule has 0 aliphatic rings. The molecule has 1 aromatic carbocycles. The first kappa shape index (κ1) is 17.6. The summed E-state index contributed by atoms with van der Waals surface area (Å²) in [6, 6.07) is 11.1. The fraction of sp³-hybridized carbons (Fsp3) is 0.118. The van der Waals surface area contributed by atoms with Crippen molar-refractivity contribution in [1.29, 1.82) is 0 Å². The standard InChI is InChI=1S/C17H14ClN5O3/c1-11-3-2-4-12(21-11)9-19-15-10-20-22(17(24)16(15)18)13-5-7-14(8-6-13)23(25)26/h2-8,10,19H,9H2,1H3. The van der Waals surface area contributed by atoms with Gasteiger partial charge in [-0.2, -0.15) is 9.78 Å². The van der Waals surface area contributed by atoms with Gasteiger partial charge in [0.2, 0.25) is 0 Å². The number of nitro groups is 1. The average molecular weight is 372 g/mol. The van der Waals surface area contributed by atoms with E-state index in [0.29, 0.717) is 17.9 Å². The van der Waals surface area contributed by atoms with E-state index < -0.39 is 10.5 Å². The smallest absolute Gasteiger partial charge is 0.292 e. The van der Waals surface area contributed by atoms with Crippen LogP contribution in [0.4, 0.5) is 11.4 Å². The van der Waals surface area contributed by atoms with Gasteiger partial charge in [-0.1, -0.05) is 17.7 Å². The first-order chi connectivity index (χ1) is 12.5. The van der Waals surface area contributed by atoms with Crippen LogP contribution in [0.2, 0.25) is 5.02 Å². The lowest BCUT2D eigenvalue weighted by molar-refractivity contribution is -0.384. The summed E-state index contributed by atoms with van der Waals surface area (Å²) >= 11 is 6.16. The van der Waals surface area contributed by atoms with Crippen molar-refractivity contribution in [3.8, 4) is 5.69 Å². The van der Waals surface area contributed by atoms with Crippen molar-refractivity contribution in [1.82, 2.24) is 14.8 Å². The van der Waals surface area contributed by atoms with Crippen LogP contribution in [-0.2, 0) is 6.54 Å². The summed E-state index contributed by atoms with van der Waals surface area (Å²) in [5.41, 5.74) is 1.87. The van der Waals surface area contributed by atoms with Gasteiger partial charge < -0.3 is 5.32 Å². The summed E-state index contributed by atoms with van der Waals surface area (Å²) in [5, 5.41) is 17.8. The fourth-order valence-corrected chi connectivity index (χ4v) is 2.53. The lowest BCUT2D eigenvalue weighted by Gasteiger charge is -2.10. The molecule has 0 spiro atoms. The molecule has 0 bridgehead atoms. The highest BCUT2D eigenvalue weighted by molar-refractivity contribution is 6.32. The van der Waals surface area contributed by atoms with E-state index >= 15 is 0 Å². The minimum atomic E-state index is -0.525. The monoisotopic (exact) mass is 371 g/mol. The molecule has 3 aromatic rings. The van der Waals surface area contributed by atoms with Crippen molar-refractivity contribution in [2.45, 2.75) is 13.5 Å². The van der Waals surface area contributed by atoms with E-state index in [-0.39, 0.29) is 10.7 Å². The highest BCUT2D eigenvalue weighted by Crippen LogP contribution is 2.19. The molecule has 0 unspecified atom stereocenters. The molecule has 3 rings (SSSR count). The molecule has 26 heavy (non-hydrogen) atoms. The predicted molar refractivity (Wildman–Crippen MR) is 97.8 cm³/mol. The SMILES string of the molecule is Cc1cccc(CNc2cnn(-c3ccc([N+](=O)[O-])cc3)c(=O)c2Cl)n1. The second-order valence-corrected chi connectivity index (χ2v) is 5.86. The van der Waals surface area contributed by atoms with E-state index in [9.17, 15) is 14.9 Å². The van der Waals surface area contributed by atoms with E-state index in [1.165, 1.54) is 30.5 Å². The molecule has 0 amide bonds. The number of rotatable bonds is 5. The minimum Gasteiger partial charge on any atom is -0.377 e. The summed E-state index contributed by atoms with van der Waals surface area (Å²) < 4.78 is 1.09. The molecule has 8 nitrogen and oxygen atoms in total. The zero-order valence-corrected chi connectivity index (χ0v) is 14.5. The van der Waals surface area contributed by atoms with Gasteiger partial charge in [-0.25, -0.2) is 0 Å². The lowest BCUT2D eigenvalue weighted by atomic mass is 10.3. The molecule has 0 saturated heterocycles. The second-order valence-electron chi connectivity index (χ2n) is 5.49. The summed E-state index contributed by atoms with van der Waals surface area (Å²) in [7, 11) is 0. The highest BCUT2D eigenvalue weighted by Gasteiger charge is 2.12. The van der Waals surface area contributed by atoms with E-state index in [1.54, 1.807) is 0 Å². The number of nitrogens with zero attached hydrogens (tertiary/aromatic N) is 4. The van der Waals surface area contributed by atoms with Crippen LogP contribution in [0.25, 0.3) is 5.69 Å². The number of pyridine rings is 1. The molecule has 2 heterocycles. The molecule has 0 fully saturated rings. The van der Waals surface area contributed by atoms with Gasteiger partial charge in [-0.3, -0.25) is 19.9 Å². The van der Waals surface area contributed by atoms with Crippen LogP contribution < -0.4 is 10.9 Å². The Bertz CT molecular complexity index is 1020. The Morgan fingerprint density at radius 2 is 1.96 bits per heavy atom. The van der Waals surface area contributed by atoms with Gasteiger partial charge in [0.15, 0.2) is 0 Å². The predicted octanol–water partition coefficient (Wildman–Crippen LogP) is 3.11. The molecule has 1 N–H and O–H groups in total. The number of benzene rings is 1. The normalized spacial score (nSPS) is 10.5. The number of non-ortho nitro benzene ring substituents is 1. The second kappa shape index (κ2) is 7.32. The Kier molecular flexibility index (Phi) is 4.94. The van der Waals surface area contributed by atoms with Gasteiger partial charge in [0, 0.05) is 17.8 Å². The van der Waals surface area contributed by atoms with Gasteiger partial charge in [-0.05, 0) is 31.2 Å². The van der Waals surface area contributed by atoms with Crippen molar-refractivity contribution in [3.05, 3.63) is 85.5 Å². The maximum Gasteiger partial charge on any atom is 0.292 e. The number of halogens is 1. The van der Waals surface area contributed by atoms with Crippen molar-refractivity contribution in [3.63, 3.8) is 0 Å². The van der Waals surface area contributed by atoms with Gasteiger partial charge in [-0.15, -0.1) is 0 Å². The van der Waals surface area contributed by atoms with Crippen LogP contribution in [0.5, 0.6) is 0 Å². The maximum atomic E-state index is 12.5. The molecular weight excluding hydrogens is 358 g/mol. The third kappa shape index (κ3) is 3.70. The molecule has 0 aliphatic heterocycles. The zero-order valence-electron chi connectivity index (χ0n) is 13.7. The number of anilines is 1. The largest absolute Gasteiger partial charge is 0.377 e. The highest BCUT2D eigenvalue weighted by atomic mass is 35.5. The zero-order chi connectivity index (χ0) is 18.7. The number of aryl methyl sites for hydroxylation is 1. The van der Waals surface area contributed by atoms with Crippen LogP contribution in [0.3, 0.4) is 0 Å². The molecule has 0 aliphatic carbocycles. The summed E-state index contributed by atoms with van der Waals surface area (Å²) in [6.07, 6.45) is 1.43. The van der Waals surface area contributed by atoms with Gasteiger partial charge in [0.25, 0.3) is 11.2 Å². The Balaban J connectivity index is 1.84. The third-order valence-electron chi connectivity index (χ3n) is 3.63. The van der Waals surface area contributed by atoms with Crippen molar-refractivity contribution in [2.24, 2.45) is 0 Å². The van der Waals surface area contributed by atoms with E-state index in [4.69, 9.17) is 11.6 Å². The Hall–Kier alpha value is -3.26. The van der Waals surface area contributed by atoms with E-state index in [0.717, 1.165) is 16.1 Å². The van der Waals surface area contributed by atoms with E-state index in [2.05, 4.69) is 15.4 Å². The molecule has 0 saturated carbocycles. The van der Waals surface area contributed by atoms with Crippen molar-refractivity contribution in [2.75, 3.05) is 5.32 Å². The summed E-state index contributed by atoms with van der Waals surface area (Å²) in [6.45, 7) is 2.29. The van der Waals surface area contributed by atoms with Crippen LogP contribution in [0, 0.1) is 17.0 Å². The number of nitrogens with one attached hydrogen (secondary N) is 1. The first-order valence-electron chi connectivity index (χ1n) is 7.65. The maximum absolute atomic E-state index is 12.5. The van der Waals surface area contributed by atoms with Gasteiger partial charge in [0.05, 0.1) is 34.7 Å². The first-order valence-corrected chi connectivity index (χ1v) is 8.02. The summed E-state index contributed by atoms with van der Waals surface area (Å²) in [4.78, 5) is 27.0. The molecule has 9 heteroatoms. The molecule has 132 valence electrons. The van der Waals surface area contributed by atoms with Crippen LogP contribution in [-0.4, -0.2) is 19.7 Å². The fourth-order valence-electron chi connectivity index (χ4n) is 2.34. The van der Waals surface area contributed by atoms with Crippen LogP contribution in [0.15, 0.2) is 53.5 Å². The minimum absolute atomic E-state index is 0.0222. The van der Waals surface area contributed by atoms with Crippen LogP contribution >= 0.6 is 11.6 Å². The molecule has 2 aromatic heterocycles. The number of nitro benzene ring substituents is 1. The quantitative estimate of drug-likeness (QED) is 0.546. The molecule has 0 atom stereocenters. The lowest BCUT2D eigenvalue weighted by Crippen LogP contribution is -2.22. The van der Waals surface area contributed by atoms with E-state index in [1.807, 2.05) is 25.1 Å². The number of hydrogen-bond donors (Lipinski definition) is 1. The third-order valence-corrected chi connectivity index (χ3v) is 4.00. The van der Waals surface area contributed by atoms with Gasteiger partial charge >= 0.3 is 0 Å². The van der Waals surface area contributed by atoms with Crippen molar-refractivity contribution < 1.29 is 4.92 Å². The Morgan fingerprint density at radius 3 is 2.62 bits per heavy atom. The Morgan fingerprint density at radius 1 is 1.23 bits per heavy atom. The van der Waals surface area contributed by atoms with Crippen molar-refractivity contribution >= 4 is 23.0 Å². The van der Waals surface area contributed by atoms with Gasteiger partial charge in [0.1, 0.15) is 5.02 Å². The number of aromatic nitrogens is 3.